The molecule has 20 heavy (non-hydrogen) atoms. The van der Waals surface area contributed by atoms with Crippen LogP contribution in [0.1, 0.15) is 45.1 Å². The minimum Gasteiger partial charge on any atom is -0.334 e. The minimum atomic E-state index is 0.173. The molecule has 112 valence electrons. The monoisotopic (exact) mass is 313 g/mol. The molecule has 0 aromatic heterocycles. The third kappa shape index (κ3) is 6.19. The van der Waals surface area contributed by atoms with Gasteiger partial charge in [0.05, 0.1) is 0 Å². The Labute approximate surface area is 131 Å². The Bertz CT molecular complexity index is 403. The van der Waals surface area contributed by atoms with Gasteiger partial charge in [-0.1, -0.05) is 68.3 Å². The number of nitrogens with zero attached hydrogens (tertiary/aromatic N) is 1. The molecule has 2 nitrogen and oxygen atoms in total. The summed E-state index contributed by atoms with van der Waals surface area (Å²) < 4.78 is 0. The van der Waals surface area contributed by atoms with Crippen molar-refractivity contribution in [3.05, 3.63) is 34.9 Å². The highest BCUT2D eigenvalue weighted by Gasteiger charge is 2.13. The molecule has 1 amide bonds. The summed E-state index contributed by atoms with van der Waals surface area (Å²) in [6.07, 6.45) is 4.38. The van der Waals surface area contributed by atoms with Crippen LogP contribution in [0, 0.1) is 0 Å². The highest BCUT2D eigenvalue weighted by atomic mass is 35.5. The first kappa shape index (κ1) is 17.4. The molecule has 0 bridgehead atoms. The van der Waals surface area contributed by atoms with E-state index in [1.54, 1.807) is 0 Å². The molecule has 0 heterocycles. The van der Waals surface area contributed by atoms with Crippen molar-refractivity contribution in [3.63, 3.8) is 0 Å². The molecule has 1 aromatic rings. The van der Waals surface area contributed by atoms with E-state index in [1.807, 2.05) is 29.2 Å². The minimum absolute atomic E-state index is 0.173. The summed E-state index contributed by atoms with van der Waals surface area (Å²) >= 11 is 7.47. The van der Waals surface area contributed by atoms with Crippen LogP contribution in [0.2, 0.25) is 5.02 Å². The molecule has 0 spiro atoms. The van der Waals surface area contributed by atoms with E-state index in [0.29, 0.717) is 5.75 Å². The van der Waals surface area contributed by atoms with Crippen LogP contribution in [0.4, 0.5) is 4.79 Å². The molecule has 0 N–H and O–H groups in total. The van der Waals surface area contributed by atoms with E-state index < -0.39 is 0 Å². The smallest absolute Gasteiger partial charge is 0.281 e. The molecule has 0 aliphatic heterocycles. The molecular weight excluding hydrogens is 290 g/mol. The third-order valence-electron chi connectivity index (χ3n) is 3.13. The predicted molar refractivity (Wildman–Crippen MR) is 89.5 cm³/mol. The zero-order valence-electron chi connectivity index (χ0n) is 12.4. The number of rotatable bonds is 8. The summed E-state index contributed by atoms with van der Waals surface area (Å²) in [7, 11) is 0. The van der Waals surface area contributed by atoms with Crippen molar-refractivity contribution in [1.82, 2.24) is 4.90 Å². The van der Waals surface area contributed by atoms with Crippen molar-refractivity contribution in [1.29, 1.82) is 0 Å². The Kier molecular flexibility index (Phi) is 8.79. The van der Waals surface area contributed by atoms with E-state index in [2.05, 4.69) is 13.8 Å². The van der Waals surface area contributed by atoms with Crippen LogP contribution < -0.4 is 0 Å². The summed E-state index contributed by atoms with van der Waals surface area (Å²) in [5.41, 5.74) is 1.03. The fourth-order valence-corrected chi connectivity index (χ4v) is 3.02. The van der Waals surface area contributed by atoms with Gasteiger partial charge in [-0.2, -0.15) is 0 Å². The maximum absolute atomic E-state index is 12.3. The topological polar surface area (TPSA) is 20.3 Å². The normalized spacial score (nSPS) is 10.6. The van der Waals surface area contributed by atoms with E-state index in [1.165, 1.54) is 11.8 Å². The lowest BCUT2D eigenvalue weighted by Gasteiger charge is -2.21. The Morgan fingerprint density at radius 1 is 1.15 bits per heavy atom. The Morgan fingerprint density at radius 2 is 1.75 bits per heavy atom. The van der Waals surface area contributed by atoms with Crippen molar-refractivity contribution in [2.45, 2.75) is 45.3 Å². The van der Waals surface area contributed by atoms with Crippen molar-refractivity contribution < 1.29 is 4.79 Å². The Balaban J connectivity index is 2.50. The van der Waals surface area contributed by atoms with E-state index in [4.69, 9.17) is 11.6 Å². The molecule has 0 fully saturated rings. The van der Waals surface area contributed by atoms with Gasteiger partial charge in [0.15, 0.2) is 0 Å². The van der Waals surface area contributed by atoms with Gasteiger partial charge in [0, 0.05) is 23.9 Å². The first-order valence-electron chi connectivity index (χ1n) is 7.34. The van der Waals surface area contributed by atoms with Gasteiger partial charge in [-0.3, -0.25) is 4.79 Å². The van der Waals surface area contributed by atoms with Crippen LogP contribution in [0.25, 0.3) is 0 Å². The number of amides is 1. The average Bonchev–Trinajstić information content (AvgIpc) is 2.46. The third-order valence-corrected chi connectivity index (χ3v) is 4.46. The molecule has 0 radical (unpaired) electrons. The largest absolute Gasteiger partial charge is 0.334 e. The number of halogens is 1. The maximum atomic E-state index is 12.3. The first-order valence-corrected chi connectivity index (χ1v) is 8.70. The van der Waals surface area contributed by atoms with Crippen LogP contribution in [-0.2, 0) is 5.75 Å². The highest BCUT2D eigenvalue weighted by molar-refractivity contribution is 8.12. The Hall–Kier alpha value is -0.670. The second-order valence-electron chi connectivity index (χ2n) is 4.84. The van der Waals surface area contributed by atoms with Gasteiger partial charge >= 0.3 is 0 Å². The number of hydrogen-bond donors (Lipinski definition) is 0. The van der Waals surface area contributed by atoms with Crippen molar-refractivity contribution in [3.8, 4) is 0 Å². The number of hydrogen-bond acceptors (Lipinski definition) is 2. The van der Waals surface area contributed by atoms with Gasteiger partial charge in [0.25, 0.3) is 5.24 Å². The van der Waals surface area contributed by atoms with Gasteiger partial charge in [-0.25, -0.2) is 0 Å². The zero-order chi connectivity index (χ0) is 14.8. The second kappa shape index (κ2) is 10.1. The summed E-state index contributed by atoms with van der Waals surface area (Å²) in [6.45, 7) is 6.04. The number of benzene rings is 1. The number of thioether (sulfide) groups is 1. The van der Waals surface area contributed by atoms with E-state index >= 15 is 0 Å². The summed E-state index contributed by atoms with van der Waals surface area (Å²) in [4.78, 5) is 14.3. The standard InChI is InChI=1S/C16H24ClNOS/c1-3-5-11-18(12-6-4-2)16(19)20-13-14-9-7-8-10-15(14)17/h7-10H,3-6,11-13H2,1-2H3. The van der Waals surface area contributed by atoms with Crippen molar-refractivity contribution >= 4 is 28.6 Å². The van der Waals surface area contributed by atoms with Crippen molar-refractivity contribution in [2.24, 2.45) is 0 Å². The fourth-order valence-electron chi connectivity index (χ4n) is 1.84. The van der Waals surface area contributed by atoms with Gasteiger partial charge < -0.3 is 4.90 Å². The van der Waals surface area contributed by atoms with Gasteiger partial charge in [0.2, 0.25) is 0 Å². The molecule has 4 heteroatoms. The molecule has 1 aromatic carbocycles. The number of carbonyl (C=O) groups is 1. The molecule has 0 atom stereocenters. The van der Waals surface area contributed by atoms with Gasteiger partial charge in [-0.15, -0.1) is 0 Å². The predicted octanol–water partition coefficient (Wildman–Crippen LogP) is 5.60. The highest BCUT2D eigenvalue weighted by Crippen LogP contribution is 2.22. The molecular formula is C16H24ClNOS. The Morgan fingerprint density at radius 3 is 2.30 bits per heavy atom. The van der Waals surface area contributed by atoms with Gasteiger partial charge in [-0.05, 0) is 24.5 Å². The van der Waals surface area contributed by atoms with Crippen LogP contribution in [0.5, 0.6) is 0 Å². The quantitative estimate of drug-likeness (QED) is 0.623. The molecule has 1 rings (SSSR count). The second-order valence-corrected chi connectivity index (χ2v) is 6.17. The zero-order valence-corrected chi connectivity index (χ0v) is 14.0. The van der Waals surface area contributed by atoms with E-state index in [-0.39, 0.29) is 5.24 Å². The number of unbranched alkanes of at least 4 members (excludes halogenated alkanes) is 2. The number of carbonyl (C=O) groups excluding carboxylic acids is 1. The summed E-state index contributed by atoms with van der Waals surface area (Å²) in [6, 6.07) is 7.71. The fraction of sp³-hybridized carbons (Fsp3) is 0.562. The first-order chi connectivity index (χ1) is 9.69. The average molecular weight is 314 g/mol. The van der Waals surface area contributed by atoms with Crippen LogP contribution >= 0.6 is 23.4 Å². The summed E-state index contributed by atoms with van der Waals surface area (Å²) in [5.74, 6) is 0.646. The molecule has 0 unspecified atom stereocenters. The van der Waals surface area contributed by atoms with Crippen LogP contribution in [-0.4, -0.2) is 23.2 Å². The summed E-state index contributed by atoms with van der Waals surface area (Å²) in [5, 5.41) is 0.910. The van der Waals surface area contributed by atoms with Crippen molar-refractivity contribution in [2.75, 3.05) is 13.1 Å². The molecule has 0 saturated heterocycles. The lowest BCUT2D eigenvalue weighted by atomic mass is 10.2. The molecule has 0 saturated carbocycles. The lowest BCUT2D eigenvalue weighted by molar-refractivity contribution is 0.221. The maximum Gasteiger partial charge on any atom is 0.281 e. The van der Waals surface area contributed by atoms with E-state index in [9.17, 15) is 4.79 Å². The molecule has 0 aliphatic carbocycles. The lowest BCUT2D eigenvalue weighted by Crippen LogP contribution is -2.29. The molecule has 0 aliphatic rings. The van der Waals surface area contributed by atoms with Crippen LogP contribution in [0.15, 0.2) is 24.3 Å². The van der Waals surface area contributed by atoms with Gasteiger partial charge in [0.1, 0.15) is 0 Å². The van der Waals surface area contributed by atoms with E-state index in [0.717, 1.165) is 49.4 Å². The van der Waals surface area contributed by atoms with Crippen LogP contribution in [0.3, 0.4) is 0 Å². The SMILES string of the molecule is CCCCN(CCCC)C(=O)SCc1ccccc1Cl.